The van der Waals surface area contributed by atoms with Gasteiger partial charge < -0.3 is 15.0 Å². The molecule has 1 aliphatic rings. The first-order valence-electron chi connectivity index (χ1n) is 12.2. The number of aryl methyl sites for hydroxylation is 1. The molecule has 7 nitrogen and oxygen atoms in total. The number of ether oxygens (including phenoxy) is 1. The monoisotopic (exact) mass is 535 g/mol. The van der Waals surface area contributed by atoms with Gasteiger partial charge in [0.25, 0.3) is 5.56 Å². The number of hydrogen-bond donors (Lipinski definition) is 1. The highest BCUT2D eigenvalue weighted by Gasteiger charge is 2.36. The van der Waals surface area contributed by atoms with E-state index < -0.39 is 11.7 Å². The normalized spacial score (nSPS) is 17.9. The fourth-order valence-corrected chi connectivity index (χ4v) is 4.85. The summed E-state index contributed by atoms with van der Waals surface area (Å²) in [4.78, 5) is 24.9. The average Bonchev–Trinajstić information content (AvgIpc) is 3.27. The van der Waals surface area contributed by atoms with Crippen molar-refractivity contribution in [2.75, 3.05) is 29.9 Å². The van der Waals surface area contributed by atoms with Crippen LogP contribution in [0.4, 0.5) is 24.7 Å². The Kier molecular flexibility index (Phi) is 8.08. The van der Waals surface area contributed by atoms with E-state index >= 15 is 0 Å². The molecular weight excluding hydrogens is 507 g/mol. The van der Waals surface area contributed by atoms with Crippen LogP contribution in [0.15, 0.2) is 47.4 Å². The molecule has 0 unspecified atom stereocenters. The lowest BCUT2D eigenvalue weighted by Crippen LogP contribution is -2.38. The fourth-order valence-electron chi connectivity index (χ4n) is 4.58. The van der Waals surface area contributed by atoms with Crippen molar-refractivity contribution < 1.29 is 17.9 Å². The SMILES string of the molecule is CCO[C@@H]1CN(c2ccccn2)C[C@H]1Nc1c(CC)nc(-c2ccc(C(F)(F)F)cc2Cl)n(CC)c1=O. The molecule has 1 fully saturated rings. The summed E-state index contributed by atoms with van der Waals surface area (Å²) in [5, 5.41) is 3.27. The molecule has 3 aromatic rings. The Balaban J connectivity index is 1.72. The van der Waals surface area contributed by atoms with Crippen LogP contribution in [0.3, 0.4) is 0 Å². The number of nitrogens with zero attached hydrogens (tertiary/aromatic N) is 4. The number of anilines is 2. The van der Waals surface area contributed by atoms with Gasteiger partial charge in [-0.15, -0.1) is 0 Å². The molecule has 198 valence electrons. The first kappa shape index (κ1) is 26.9. The Labute approximate surface area is 218 Å². The fraction of sp³-hybridized carbons (Fsp3) is 0.423. The zero-order valence-electron chi connectivity index (χ0n) is 20.8. The Morgan fingerprint density at radius 2 is 1.95 bits per heavy atom. The summed E-state index contributed by atoms with van der Waals surface area (Å²) in [6.07, 6.45) is -2.54. The quantitative estimate of drug-likeness (QED) is 0.424. The number of hydrogen-bond acceptors (Lipinski definition) is 6. The summed E-state index contributed by atoms with van der Waals surface area (Å²) in [5.74, 6) is 1.06. The third-order valence-corrected chi connectivity index (χ3v) is 6.70. The van der Waals surface area contributed by atoms with Crippen LogP contribution in [0.25, 0.3) is 11.4 Å². The lowest BCUT2D eigenvalue weighted by Gasteiger charge is -2.23. The molecule has 0 spiro atoms. The number of alkyl halides is 3. The second kappa shape index (κ2) is 11.1. The molecule has 0 radical (unpaired) electrons. The van der Waals surface area contributed by atoms with Crippen molar-refractivity contribution in [3.8, 4) is 11.4 Å². The van der Waals surface area contributed by atoms with Crippen molar-refractivity contribution in [3.63, 3.8) is 0 Å². The first-order chi connectivity index (χ1) is 17.7. The van der Waals surface area contributed by atoms with Crippen LogP contribution in [0.5, 0.6) is 0 Å². The third-order valence-electron chi connectivity index (χ3n) is 6.38. The van der Waals surface area contributed by atoms with E-state index in [0.717, 1.165) is 18.0 Å². The van der Waals surface area contributed by atoms with Crippen LogP contribution < -0.4 is 15.8 Å². The minimum Gasteiger partial charge on any atom is -0.374 e. The van der Waals surface area contributed by atoms with E-state index in [4.69, 9.17) is 21.3 Å². The molecule has 3 heterocycles. The second-order valence-electron chi connectivity index (χ2n) is 8.69. The van der Waals surface area contributed by atoms with Gasteiger partial charge in [-0.1, -0.05) is 24.6 Å². The van der Waals surface area contributed by atoms with Crippen LogP contribution >= 0.6 is 11.6 Å². The van der Waals surface area contributed by atoms with Crippen molar-refractivity contribution in [1.29, 1.82) is 0 Å². The Morgan fingerprint density at radius 1 is 1.16 bits per heavy atom. The Bertz CT molecular complexity index is 1300. The first-order valence-corrected chi connectivity index (χ1v) is 12.6. The molecule has 1 aliphatic heterocycles. The molecule has 37 heavy (non-hydrogen) atoms. The molecule has 4 rings (SSSR count). The van der Waals surface area contributed by atoms with Gasteiger partial charge in [-0.3, -0.25) is 9.36 Å². The Morgan fingerprint density at radius 3 is 2.54 bits per heavy atom. The largest absolute Gasteiger partial charge is 0.416 e. The van der Waals surface area contributed by atoms with Gasteiger partial charge >= 0.3 is 6.18 Å². The van der Waals surface area contributed by atoms with Crippen molar-refractivity contribution in [2.24, 2.45) is 0 Å². The molecule has 0 bridgehead atoms. The summed E-state index contributed by atoms with van der Waals surface area (Å²) in [6.45, 7) is 7.53. The van der Waals surface area contributed by atoms with Gasteiger partial charge in [-0.05, 0) is 50.6 Å². The lowest BCUT2D eigenvalue weighted by atomic mass is 10.1. The van der Waals surface area contributed by atoms with Gasteiger partial charge in [0.1, 0.15) is 17.3 Å². The maximum atomic E-state index is 13.7. The molecule has 0 saturated carbocycles. The van der Waals surface area contributed by atoms with E-state index in [1.165, 1.54) is 10.6 Å². The number of pyridine rings is 1. The summed E-state index contributed by atoms with van der Waals surface area (Å²) in [5.41, 5.74) is -0.0432. The van der Waals surface area contributed by atoms with Gasteiger partial charge in [-0.2, -0.15) is 13.2 Å². The summed E-state index contributed by atoms with van der Waals surface area (Å²) in [7, 11) is 0. The Hall–Kier alpha value is -3.11. The smallest absolute Gasteiger partial charge is 0.374 e. The number of benzene rings is 1. The van der Waals surface area contributed by atoms with Crippen LogP contribution in [0, 0.1) is 0 Å². The highest BCUT2D eigenvalue weighted by molar-refractivity contribution is 6.33. The number of aromatic nitrogens is 3. The molecule has 1 aromatic carbocycles. The standard InChI is InChI=1S/C26H29ClF3N5O2/c1-4-19-23(32-20-14-34(15-21(20)37-6-3)22-9-7-8-12-31-22)25(36)35(5-2)24(33-19)17-11-10-16(13-18(17)27)26(28,29)30/h7-13,20-21,32H,4-6,14-15H2,1-3H3/t20-,21-/m1/s1. The molecule has 0 aliphatic carbocycles. The topological polar surface area (TPSA) is 72.3 Å². The maximum absolute atomic E-state index is 13.7. The van der Waals surface area contributed by atoms with Gasteiger partial charge in [0, 0.05) is 38.0 Å². The zero-order chi connectivity index (χ0) is 26.7. The molecule has 0 amide bonds. The van der Waals surface area contributed by atoms with Crippen LogP contribution in [0.2, 0.25) is 5.02 Å². The summed E-state index contributed by atoms with van der Waals surface area (Å²) >= 11 is 6.25. The van der Waals surface area contributed by atoms with Gasteiger partial charge in [0.05, 0.1) is 28.4 Å². The van der Waals surface area contributed by atoms with Gasteiger partial charge in [0.15, 0.2) is 0 Å². The van der Waals surface area contributed by atoms with Crippen LogP contribution in [-0.2, 0) is 23.9 Å². The van der Waals surface area contributed by atoms with Crippen molar-refractivity contribution in [1.82, 2.24) is 14.5 Å². The van der Waals surface area contributed by atoms with Gasteiger partial charge in [-0.25, -0.2) is 9.97 Å². The second-order valence-corrected chi connectivity index (χ2v) is 9.10. The molecule has 2 aromatic heterocycles. The van der Waals surface area contributed by atoms with E-state index in [2.05, 4.69) is 15.2 Å². The van der Waals surface area contributed by atoms with E-state index in [0.29, 0.717) is 37.5 Å². The number of rotatable bonds is 8. The minimum atomic E-state index is -4.52. The van der Waals surface area contributed by atoms with E-state index in [1.54, 1.807) is 13.1 Å². The molecule has 1 N–H and O–H groups in total. The number of nitrogens with one attached hydrogen (secondary N) is 1. The maximum Gasteiger partial charge on any atom is 0.416 e. The zero-order valence-corrected chi connectivity index (χ0v) is 21.6. The van der Waals surface area contributed by atoms with E-state index in [-0.39, 0.29) is 40.7 Å². The van der Waals surface area contributed by atoms with Crippen molar-refractivity contribution >= 4 is 23.1 Å². The molecule has 2 atom stereocenters. The molecular formula is C26H29ClF3N5O2. The van der Waals surface area contributed by atoms with Crippen LogP contribution in [0.1, 0.15) is 32.0 Å². The van der Waals surface area contributed by atoms with Crippen molar-refractivity contribution in [3.05, 3.63) is 69.2 Å². The highest BCUT2D eigenvalue weighted by atomic mass is 35.5. The molecule has 1 saturated heterocycles. The predicted molar refractivity (Wildman–Crippen MR) is 138 cm³/mol. The summed E-state index contributed by atoms with van der Waals surface area (Å²) in [6, 6.07) is 8.57. The van der Waals surface area contributed by atoms with Crippen molar-refractivity contribution in [2.45, 2.75) is 52.1 Å². The van der Waals surface area contributed by atoms with Gasteiger partial charge in [0.2, 0.25) is 0 Å². The minimum absolute atomic E-state index is 0.120. The average molecular weight is 536 g/mol. The van der Waals surface area contributed by atoms with E-state index in [9.17, 15) is 18.0 Å². The lowest BCUT2D eigenvalue weighted by molar-refractivity contribution is -0.137. The van der Waals surface area contributed by atoms with Crippen LogP contribution in [-0.4, -0.2) is 46.4 Å². The number of halogens is 4. The highest BCUT2D eigenvalue weighted by Crippen LogP contribution is 2.35. The predicted octanol–water partition coefficient (Wildman–Crippen LogP) is 5.27. The summed E-state index contributed by atoms with van der Waals surface area (Å²) < 4.78 is 46.8. The third kappa shape index (κ3) is 5.60. The van der Waals surface area contributed by atoms with E-state index in [1.807, 2.05) is 32.0 Å². The molecule has 11 heteroatoms.